The maximum atomic E-state index is 6.22. The van der Waals surface area contributed by atoms with E-state index in [9.17, 15) is 0 Å². The number of halogens is 2. The first kappa shape index (κ1) is 67.3. The van der Waals surface area contributed by atoms with Gasteiger partial charge in [-0.1, -0.05) is 244 Å². The minimum Gasteiger partial charge on any atom is -0.456 e. The number of para-hydroxylation sites is 8. The number of fused-ring (bicyclic) bond motifs is 18. The summed E-state index contributed by atoms with van der Waals surface area (Å²) in [5.41, 5.74) is 20.9. The lowest BCUT2D eigenvalue weighted by molar-refractivity contribution is 0.00578. The van der Waals surface area contributed by atoms with Gasteiger partial charge in [0.15, 0.2) is 0 Å². The van der Waals surface area contributed by atoms with Crippen LogP contribution in [0, 0.1) is 0 Å². The van der Waals surface area contributed by atoms with Gasteiger partial charge in [-0.15, -0.1) is 0 Å². The lowest BCUT2D eigenvalue weighted by Crippen LogP contribution is -2.41. The molecule has 13 heteroatoms. The molecular formula is C96H65BBr2N6O4. The molecule has 0 bridgehead atoms. The summed E-state index contributed by atoms with van der Waals surface area (Å²) in [7, 11) is -0.382. The molecule has 0 N–H and O–H groups in total. The largest absolute Gasteiger partial charge is 0.494 e. The van der Waals surface area contributed by atoms with E-state index in [1.54, 1.807) is 0 Å². The first-order valence-electron chi connectivity index (χ1n) is 36.3. The molecule has 0 amide bonds. The number of pyridine rings is 6. The Morgan fingerprint density at radius 1 is 0.248 bits per heavy atom. The molecule has 1 aliphatic rings. The van der Waals surface area contributed by atoms with Crippen LogP contribution in [0.5, 0.6) is 0 Å². The molecule has 0 spiro atoms. The highest BCUT2D eigenvalue weighted by molar-refractivity contribution is 9.10. The minimum atomic E-state index is -0.382. The van der Waals surface area contributed by atoms with E-state index in [1.807, 2.05) is 91.0 Å². The smallest absolute Gasteiger partial charge is 0.456 e. The summed E-state index contributed by atoms with van der Waals surface area (Å²) in [6.45, 7) is 8.29. The minimum absolute atomic E-state index is 0.364. The highest BCUT2D eigenvalue weighted by Crippen LogP contribution is 2.41. The predicted octanol–water partition coefficient (Wildman–Crippen LogP) is 25.8. The molecule has 0 atom stereocenters. The van der Waals surface area contributed by atoms with Crippen LogP contribution in [0.3, 0.4) is 0 Å². The van der Waals surface area contributed by atoms with Crippen molar-refractivity contribution < 1.29 is 18.1 Å². The Morgan fingerprint density at radius 3 is 1.12 bits per heavy atom. The van der Waals surface area contributed by atoms with E-state index < -0.39 is 0 Å². The molecule has 0 unspecified atom stereocenters. The van der Waals surface area contributed by atoms with Crippen LogP contribution in [-0.2, 0) is 9.31 Å². The SMILES string of the molecule is Brc1ccc(-c2nc3ccccc3c3cc4ccccc4nc23)cc1.Brc1ccc2oc3ccccc3c2c1.CC1(C)OB(c2ccc(-c3nc4ccccc4c4cc5ccccc5nc34)cc2)OC1(C)C.c1ccc2nc3c(cc2c1)c(-c1ccc(-c2ccc4oc5ccccc5c4c2)cc1)nc1ccccc13. The molecule has 520 valence electrons. The number of rotatable bonds is 5. The average molecular weight is 1540 g/mol. The van der Waals surface area contributed by atoms with Crippen molar-refractivity contribution in [1.29, 1.82) is 0 Å². The van der Waals surface area contributed by atoms with Gasteiger partial charge < -0.3 is 18.1 Å². The lowest BCUT2D eigenvalue weighted by Gasteiger charge is -2.32. The summed E-state index contributed by atoms with van der Waals surface area (Å²) in [5, 5.41) is 14.6. The molecule has 8 aromatic heterocycles. The molecule has 1 aliphatic heterocycles. The molecule has 0 aliphatic carbocycles. The third-order valence-electron chi connectivity index (χ3n) is 21.2. The third kappa shape index (κ3) is 12.5. The number of benzene rings is 13. The van der Waals surface area contributed by atoms with Gasteiger partial charge >= 0.3 is 7.12 Å². The molecule has 109 heavy (non-hydrogen) atoms. The maximum absolute atomic E-state index is 6.22. The number of aromatic nitrogens is 6. The van der Waals surface area contributed by atoms with Gasteiger partial charge in [0, 0.05) is 95.7 Å². The molecule has 0 saturated carbocycles. The van der Waals surface area contributed by atoms with Crippen LogP contribution in [0.25, 0.3) is 187 Å². The fraction of sp³-hybridized carbons (Fsp3) is 0.0625. The van der Waals surface area contributed by atoms with Crippen LogP contribution in [0.4, 0.5) is 0 Å². The van der Waals surface area contributed by atoms with Crippen LogP contribution >= 0.6 is 31.9 Å². The Kier molecular flexibility index (Phi) is 16.9. The van der Waals surface area contributed by atoms with Gasteiger partial charge in [0.1, 0.15) is 22.3 Å². The summed E-state index contributed by atoms with van der Waals surface area (Å²) in [4.78, 5) is 30.1. The van der Waals surface area contributed by atoms with Gasteiger partial charge in [0.25, 0.3) is 0 Å². The summed E-state index contributed by atoms with van der Waals surface area (Å²) in [6, 6.07) is 110. The standard InChI is InChI=1S/C34H20N2O.C28H25BN2O2.C22H13BrN2.C12H7BrO/c1-4-10-29-24(7-1)20-28-33(36-30-11-5-2-9-26(30)34(28)35-29)22-15-13-21(14-16-22)23-17-18-32-27(19-23)25-8-3-6-12-31(25)37-32;1-27(2)28(3,4)33-29(32-27)20-15-13-18(14-16-20)25-26-22(21-10-6-8-12-24(21)31-25)17-19-9-5-7-11-23(19)30-26;23-16-11-9-14(10-12-16)21-22-18(17-6-2-4-8-20(17)25-21)13-15-5-1-3-7-19(15)24-22;13-8-5-6-12-10(7-8)9-3-1-2-4-11(9)14-12/h1-20H;5-17H,1-4H3;1-13H;1-7H. The summed E-state index contributed by atoms with van der Waals surface area (Å²) in [5.74, 6) is 0. The second-order valence-electron chi connectivity index (χ2n) is 28.5. The van der Waals surface area contributed by atoms with Gasteiger partial charge in [-0.3, -0.25) is 0 Å². The molecule has 1 fully saturated rings. The van der Waals surface area contributed by atoms with Crippen molar-refractivity contribution in [2.75, 3.05) is 0 Å². The molecule has 10 nitrogen and oxygen atoms in total. The van der Waals surface area contributed by atoms with Gasteiger partial charge in [0.05, 0.1) is 77.9 Å². The average Bonchev–Trinajstić information content (AvgIpc) is 1.69. The third-order valence-corrected chi connectivity index (χ3v) is 22.2. The van der Waals surface area contributed by atoms with Crippen molar-refractivity contribution in [2.45, 2.75) is 38.9 Å². The second kappa shape index (κ2) is 27.5. The van der Waals surface area contributed by atoms with E-state index in [4.69, 9.17) is 48.0 Å². The van der Waals surface area contributed by atoms with Crippen LogP contribution < -0.4 is 5.46 Å². The number of furan rings is 2. The Labute approximate surface area is 644 Å². The van der Waals surface area contributed by atoms with E-state index in [2.05, 4.69) is 290 Å². The monoisotopic (exact) mass is 1530 g/mol. The second-order valence-corrected chi connectivity index (χ2v) is 30.3. The summed E-state index contributed by atoms with van der Waals surface area (Å²) < 4.78 is 26.3. The molecule has 1 saturated heterocycles. The lowest BCUT2D eigenvalue weighted by atomic mass is 9.78. The summed E-state index contributed by atoms with van der Waals surface area (Å²) in [6.07, 6.45) is 0. The molecular weight excluding hydrogens is 1470 g/mol. The topological polar surface area (TPSA) is 122 Å². The van der Waals surface area contributed by atoms with E-state index in [0.717, 1.165) is 196 Å². The molecule has 22 rings (SSSR count). The van der Waals surface area contributed by atoms with Crippen LogP contribution in [0.2, 0.25) is 0 Å². The van der Waals surface area contributed by atoms with Crippen molar-refractivity contribution in [1.82, 2.24) is 29.9 Å². The zero-order chi connectivity index (χ0) is 73.5. The highest BCUT2D eigenvalue weighted by Gasteiger charge is 2.51. The Hall–Kier alpha value is -12.4. The molecule has 21 aromatic rings. The zero-order valence-electron chi connectivity index (χ0n) is 59.7. The van der Waals surface area contributed by atoms with E-state index in [1.165, 1.54) is 5.39 Å². The van der Waals surface area contributed by atoms with Gasteiger partial charge in [-0.25, -0.2) is 29.9 Å². The van der Waals surface area contributed by atoms with Gasteiger partial charge in [-0.05, 0) is 153 Å². The van der Waals surface area contributed by atoms with Crippen molar-refractivity contribution >= 4 is 186 Å². The van der Waals surface area contributed by atoms with Crippen molar-refractivity contribution in [3.05, 3.63) is 330 Å². The van der Waals surface area contributed by atoms with Crippen LogP contribution in [0.15, 0.2) is 339 Å². The Bertz CT molecular complexity index is 7150. The van der Waals surface area contributed by atoms with Gasteiger partial charge in [0.2, 0.25) is 0 Å². The zero-order valence-corrected chi connectivity index (χ0v) is 62.9. The normalized spacial score (nSPS) is 13.3. The Morgan fingerprint density at radius 2 is 0.596 bits per heavy atom. The summed E-state index contributed by atoms with van der Waals surface area (Å²) >= 11 is 6.97. The maximum Gasteiger partial charge on any atom is 0.494 e. The van der Waals surface area contributed by atoms with Crippen LogP contribution in [0.1, 0.15) is 27.7 Å². The van der Waals surface area contributed by atoms with Crippen molar-refractivity contribution in [2.24, 2.45) is 0 Å². The fourth-order valence-corrected chi connectivity index (χ4v) is 15.5. The predicted molar refractivity (Wildman–Crippen MR) is 458 cm³/mol. The van der Waals surface area contributed by atoms with E-state index in [0.29, 0.717) is 0 Å². The number of nitrogens with zero attached hydrogens (tertiary/aromatic N) is 6. The molecule has 13 aromatic carbocycles. The van der Waals surface area contributed by atoms with Crippen molar-refractivity contribution in [3.63, 3.8) is 0 Å². The number of hydrogen-bond donors (Lipinski definition) is 0. The van der Waals surface area contributed by atoms with E-state index in [-0.39, 0.29) is 18.3 Å². The Balaban J connectivity index is 0.000000103. The van der Waals surface area contributed by atoms with Crippen LogP contribution in [-0.4, -0.2) is 48.2 Å². The first-order valence-corrected chi connectivity index (χ1v) is 37.9. The van der Waals surface area contributed by atoms with Gasteiger partial charge in [-0.2, -0.15) is 0 Å². The van der Waals surface area contributed by atoms with Crippen molar-refractivity contribution in [3.8, 4) is 44.9 Å². The number of hydrogen-bond acceptors (Lipinski definition) is 10. The van der Waals surface area contributed by atoms with E-state index >= 15 is 0 Å². The highest BCUT2D eigenvalue weighted by atomic mass is 79.9. The molecule has 9 heterocycles. The fourth-order valence-electron chi connectivity index (χ4n) is 14.8. The molecule has 0 radical (unpaired) electrons. The quantitative estimate of drug-likeness (QED) is 0.0935. The first-order chi connectivity index (χ1) is 53.3.